The molecule has 0 heterocycles. The molecule has 0 aliphatic heterocycles. The first-order chi connectivity index (χ1) is 15.3. The SMILES string of the molecule is C/C(C=O)=C\CC/C(C)=C/C=C/C(C)=C/C=C/C=C(C)/C=C/C=C(\C)CC/C=C(\C)C=O. The van der Waals surface area contributed by atoms with Gasteiger partial charge in [-0.15, -0.1) is 0 Å². The standard InChI is InChI=1S/C30H40O2/c1-25(15-9-17-27(3)19-11-21-29(5)23-31)13-7-8-14-26(2)16-10-18-28(4)20-12-22-30(6)24-32/h7-10,13-18,21-24H,11-12,19-20H2,1-6H3/b8-7+,15-9+,16-10+,25-13+,26-14+,27-17+,28-18+,29-21+,30-22+. The van der Waals surface area contributed by atoms with Crippen LogP contribution in [-0.4, -0.2) is 12.6 Å². The molecule has 0 aromatic rings. The van der Waals surface area contributed by atoms with E-state index in [4.69, 9.17) is 0 Å². The van der Waals surface area contributed by atoms with Crippen LogP contribution in [0.2, 0.25) is 0 Å². The molecule has 2 nitrogen and oxygen atoms in total. The Hall–Kier alpha value is -3.00. The van der Waals surface area contributed by atoms with Crippen molar-refractivity contribution in [2.24, 2.45) is 0 Å². The normalized spacial score (nSPS) is 15.4. The zero-order valence-electron chi connectivity index (χ0n) is 20.7. The van der Waals surface area contributed by atoms with Gasteiger partial charge in [0, 0.05) is 0 Å². The molecule has 0 atom stereocenters. The second-order valence-corrected chi connectivity index (χ2v) is 8.16. The molecule has 0 spiro atoms. The van der Waals surface area contributed by atoms with E-state index in [1.165, 1.54) is 22.3 Å². The molecule has 0 N–H and O–H groups in total. The van der Waals surface area contributed by atoms with E-state index in [9.17, 15) is 9.59 Å². The van der Waals surface area contributed by atoms with Crippen LogP contribution in [0.4, 0.5) is 0 Å². The predicted octanol–water partition coefficient (Wildman–Crippen LogP) is 8.29. The van der Waals surface area contributed by atoms with Crippen LogP contribution < -0.4 is 0 Å². The molecule has 0 rings (SSSR count). The number of carbonyl (C=O) groups excluding carboxylic acids is 2. The van der Waals surface area contributed by atoms with Gasteiger partial charge in [0.2, 0.25) is 0 Å². The number of allylic oxidation sites excluding steroid dienone is 18. The highest BCUT2D eigenvalue weighted by molar-refractivity contribution is 5.72. The van der Waals surface area contributed by atoms with Crippen LogP contribution >= 0.6 is 0 Å². The molecule has 0 unspecified atom stereocenters. The van der Waals surface area contributed by atoms with Crippen molar-refractivity contribution in [3.8, 4) is 0 Å². The summed E-state index contributed by atoms with van der Waals surface area (Å²) in [6, 6.07) is 0. The summed E-state index contributed by atoms with van der Waals surface area (Å²) < 4.78 is 0. The van der Waals surface area contributed by atoms with Gasteiger partial charge in [0.25, 0.3) is 0 Å². The zero-order chi connectivity index (χ0) is 24.2. The fraction of sp³-hybridized carbons (Fsp3) is 0.333. The summed E-state index contributed by atoms with van der Waals surface area (Å²) in [4.78, 5) is 21.2. The smallest absolute Gasteiger partial charge is 0.145 e. The van der Waals surface area contributed by atoms with Gasteiger partial charge in [0.05, 0.1) is 0 Å². The number of hydrogen-bond donors (Lipinski definition) is 0. The molecule has 0 radical (unpaired) electrons. The van der Waals surface area contributed by atoms with Crippen molar-refractivity contribution in [3.05, 3.63) is 106 Å². The first kappa shape index (κ1) is 29.0. The van der Waals surface area contributed by atoms with Crippen molar-refractivity contribution >= 4 is 12.6 Å². The van der Waals surface area contributed by atoms with Gasteiger partial charge in [-0.3, -0.25) is 9.59 Å². The molecule has 0 aliphatic carbocycles. The van der Waals surface area contributed by atoms with Gasteiger partial charge in [-0.25, -0.2) is 0 Å². The molecule has 0 aliphatic rings. The average molecular weight is 433 g/mol. The lowest BCUT2D eigenvalue weighted by Crippen LogP contribution is -1.79. The van der Waals surface area contributed by atoms with Crippen LogP contribution in [-0.2, 0) is 9.59 Å². The minimum absolute atomic E-state index is 0.792. The van der Waals surface area contributed by atoms with Crippen LogP contribution in [0, 0.1) is 0 Å². The minimum atomic E-state index is 0.792. The van der Waals surface area contributed by atoms with Crippen molar-refractivity contribution in [2.45, 2.75) is 67.2 Å². The van der Waals surface area contributed by atoms with Crippen LogP contribution in [0.3, 0.4) is 0 Å². The third-order valence-electron chi connectivity index (χ3n) is 4.69. The van der Waals surface area contributed by atoms with E-state index >= 15 is 0 Å². The molecule has 2 heteroatoms. The molecule has 32 heavy (non-hydrogen) atoms. The van der Waals surface area contributed by atoms with Gasteiger partial charge in [0.1, 0.15) is 12.6 Å². The predicted molar refractivity (Wildman–Crippen MR) is 141 cm³/mol. The van der Waals surface area contributed by atoms with Gasteiger partial charge >= 0.3 is 0 Å². The van der Waals surface area contributed by atoms with E-state index in [0.29, 0.717) is 0 Å². The van der Waals surface area contributed by atoms with Crippen molar-refractivity contribution in [1.29, 1.82) is 0 Å². The molecular formula is C30H40O2. The molecule has 0 amide bonds. The quantitative estimate of drug-likeness (QED) is 0.157. The number of aldehydes is 2. The third kappa shape index (κ3) is 17.8. The van der Waals surface area contributed by atoms with E-state index in [1.807, 2.05) is 38.2 Å². The van der Waals surface area contributed by atoms with Gasteiger partial charge in [0.15, 0.2) is 0 Å². The molecule has 0 fully saturated rings. The second kappa shape index (κ2) is 18.7. The van der Waals surface area contributed by atoms with Crippen LogP contribution in [0.25, 0.3) is 0 Å². The lowest BCUT2D eigenvalue weighted by Gasteiger charge is -1.96. The fourth-order valence-electron chi connectivity index (χ4n) is 2.57. The van der Waals surface area contributed by atoms with Crippen molar-refractivity contribution in [2.75, 3.05) is 0 Å². The molecule has 0 saturated carbocycles. The van der Waals surface area contributed by atoms with E-state index in [1.54, 1.807) is 0 Å². The van der Waals surface area contributed by atoms with Crippen LogP contribution in [0.1, 0.15) is 67.2 Å². The largest absolute Gasteiger partial charge is 0.298 e. The summed E-state index contributed by atoms with van der Waals surface area (Å²) in [7, 11) is 0. The minimum Gasteiger partial charge on any atom is -0.298 e. The van der Waals surface area contributed by atoms with Gasteiger partial charge < -0.3 is 0 Å². The van der Waals surface area contributed by atoms with Crippen LogP contribution in [0.15, 0.2) is 106 Å². The molecule has 0 bridgehead atoms. The Morgan fingerprint density at radius 3 is 1.22 bits per heavy atom. The molecule has 0 saturated heterocycles. The first-order valence-electron chi connectivity index (χ1n) is 11.2. The van der Waals surface area contributed by atoms with E-state index in [-0.39, 0.29) is 0 Å². The van der Waals surface area contributed by atoms with Gasteiger partial charge in [-0.2, -0.15) is 0 Å². The summed E-state index contributed by atoms with van der Waals surface area (Å²) in [5.41, 5.74) is 6.53. The average Bonchev–Trinajstić information content (AvgIpc) is 2.76. The van der Waals surface area contributed by atoms with Crippen molar-refractivity contribution < 1.29 is 9.59 Å². The maximum Gasteiger partial charge on any atom is 0.145 e. The Morgan fingerprint density at radius 1 is 0.500 bits per heavy atom. The summed E-state index contributed by atoms with van der Waals surface area (Å²) in [6.07, 6.45) is 30.3. The Labute approximate surface area is 195 Å². The van der Waals surface area contributed by atoms with E-state index in [2.05, 4.69) is 76.3 Å². The number of carbonyl (C=O) groups is 2. The summed E-state index contributed by atoms with van der Waals surface area (Å²) in [5.74, 6) is 0. The summed E-state index contributed by atoms with van der Waals surface area (Å²) in [6.45, 7) is 12.0. The highest BCUT2D eigenvalue weighted by Crippen LogP contribution is 2.08. The number of rotatable bonds is 14. The maximum atomic E-state index is 10.6. The molecule has 0 aromatic carbocycles. The Balaban J connectivity index is 4.54. The summed E-state index contributed by atoms with van der Waals surface area (Å²) >= 11 is 0. The first-order valence-corrected chi connectivity index (χ1v) is 11.2. The number of hydrogen-bond acceptors (Lipinski definition) is 2. The monoisotopic (exact) mass is 432 g/mol. The molecule has 0 aromatic heterocycles. The topological polar surface area (TPSA) is 34.1 Å². The highest BCUT2D eigenvalue weighted by atomic mass is 16.1. The lowest BCUT2D eigenvalue weighted by atomic mass is 10.1. The molecule has 172 valence electrons. The zero-order valence-corrected chi connectivity index (χ0v) is 20.7. The van der Waals surface area contributed by atoms with Gasteiger partial charge in [-0.05, 0) is 78.4 Å². The molecular weight excluding hydrogens is 392 g/mol. The Bertz CT molecular complexity index is 791. The Kier molecular flexibility index (Phi) is 17.0. The summed E-state index contributed by atoms with van der Waals surface area (Å²) in [5, 5.41) is 0. The van der Waals surface area contributed by atoms with Crippen molar-refractivity contribution in [1.82, 2.24) is 0 Å². The third-order valence-corrected chi connectivity index (χ3v) is 4.69. The second-order valence-electron chi connectivity index (χ2n) is 8.16. The fourth-order valence-corrected chi connectivity index (χ4v) is 2.57. The van der Waals surface area contributed by atoms with E-state index in [0.717, 1.165) is 49.4 Å². The van der Waals surface area contributed by atoms with Crippen molar-refractivity contribution in [3.63, 3.8) is 0 Å². The van der Waals surface area contributed by atoms with E-state index < -0.39 is 0 Å². The Morgan fingerprint density at radius 2 is 0.875 bits per heavy atom. The van der Waals surface area contributed by atoms with Crippen LogP contribution in [0.5, 0.6) is 0 Å². The van der Waals surface area contributed by atoms with Gasteiger partial charge in [-0.1, -0.05) is 95.2 Å². The maximum absolute atomic E-state index is 10.6. The lowest BCUT2D eigenvalue weighted by molar-refractivity contribution is -0.105. The highest BCUT2D eigenvalue weighted by Gasteiger charge is 1.90.